The molecule has 1 fully saturated rings. The van der Waals surface area contributed by atoms with Gasteiger partial charge in [-0.2, -0.15) is 0 Å². The topological polar surface area (TPSA) is 87.3 Å². The number of hydrogen-bond donors (Lipinski definition) is 3. The molecule has 1 atom stereocenters. The van der Waals surface area contributed by atoms with Crippen molar-refractivity contribution in [2.75, 3.05) is 19.6 Å². The van der Waals surface area contributed by atoms with Gasteiger partial charge in [-0.05, 0) is 43.7 Å². The van der Waals surface area contributed by atoms with E-state index in [0.29, 0.717) is 6.54 Å². The highest BCUT2D eigenvalue weighted by atomic mass is 35.5. The van der Waals surface area contributed by atoms with Crippen LogP contribution in [0.25, 0.3) is 0 Å². The number of sulfonamides is 1. The number of benzene rings is 1. The van der Waals surface area contributed by atoms with Gasteiger partial charge in [-0.1, -0.05) is 0 Å². The summed E-state index contributed by atoms with van der Waals surface area (Å²) in [6.45, 7) is 0.447. The molecule has 0 radical (unpaired) electrons. The molecule has 1 aliphatic rings. The molecule has 1 amide bonds. The van der Waals surface area contributed by atoms with Gasteiger partial charge in [0.25, 0.3) is 12.3 Å². The van der Waals surface area contributed by atoms with Crippen molar-refractivity contribution in [2.24, 2.45) is 0 Å². The molecule has 24 heavy (non-hydrogen) atoms. The average Bonchev–Trinajstić information content (AvgIpc) is 3.04. The Morgan fingerprint density at radius 3 is 2.50 bits per heavy atom. The van der Waals surface area contributed by atoms with Gasteiger partial charge in [0, 0.05) is 18.2 Å². The van der Waals surface area contributed by atoms with E-state index in [9.17, 15) is 22.0 Å². The number of nitrogens with one attached hydrogen (secondary N) is 3. The lowest BCUT2D eigenvalue weighted by Crippen LogP contribution is -2.37. The fraction of sp³-hybridized carbons (Fsp3) is 0.500. The molecule has 1 aromatic rings. The van der Waals surface area contributed by atoms with Crippen LogP contribution < -0.4 is 15.4 Å². The van der Waals surface area contributed by atoms with Crippen molar-refractivity contribution in [1.29, 1.82) is 0 Å². The molecular formula is C14H20ClF2N3O3S. The van der Waals surface area contributed by atoms with E-state index in [1.54, 1.807) is 0 Å². The fourth-order valence-electron chi connectivity index (χ4n) is 2.28. The summed E-state index contributed by atoms with van der Waals surface area (Å²) in [6.07, 6.45) is -0.687. The van der Waals surface area contributed by atoms with Gasteiger partial charge in [-0.3, -0.25) is 4.79 Å². The number of amides is 1. The second kappa shape index (κ2) is 9.26. The van der Waals surface area contributed by atoms with Gasteiger partial charge >= 0.3 is 0 Å². The molecule has 0 aromatic heterocycles. The van der Waals surface area contributed by atoms with Crippen LogP contribution in [0.1, 0.15) is 23.2 Å². The van der Waals surface area contributed by atoms with Crippen LogP contribution in [0.4, 0.5) is 8.78 Å². The number of carbonyl (C=O) groups is 1. The summed E-state index contributed by atoms with van der Waals surface area (Å²) in [5.41, 5.74) is 0.127. The van der Waals surface area contributed by atoms with E-state index in [2.05, 4.69) is 15.4 Å². The Balaban J connectivity index is 0.00000288. The summed E-state index contributed by atoms with van der Waals surface area (Å²) < 4.78 is 50.9. The third kappa shape index (κ3) is 5.97. The lowest BCUT2D eigenvalue weighted by Gasteiger charge is -2.12. The molecular weight excluding hydrogens is 364 g/mol. The van der Waals surface area contributed by atoms with Gasteiger partial charge in [0.2, 0.25) is 10.0 Å². The first-order valence-electron chi connectivity index (χ1n) is 7.28. The minimum Gasteiger partial charge on any atom is -0.346 e. The molecule has 10 heteroatoms. The standard InChI is InChI=1S/C14H19F2N3O3S.ClH/c15-13(16)9-18-14(20)10-3-5-12(6-4-10)23(21,22)19-8-11-2-1-7-17-11;/h3-6,11,13,17,19H,1-2,7-9H2,(H,18,20);1H/t11-;/m0./s1. The van der Waals surface area contributed by atoms with E-state index in [0.717, 1.165) is 19.4 Å². The van der Waals surface area contributed by atoms with Crippen LogP contribution in [-0.4, -0.2) is 46.4 Å². The highest BCUT2D eigenvalue weighted by molar-refractivity contribution is 7.89. The van der Waals surface area contributed by atoms with Crippen LogP contribution in [0, 0.1) is 0 Å². The zero-order valence-electron chi connectivity index (χ0n) is 12.8. The number of alkyl halides is 2. The Kier molecular flexibility index (Phi) is 8.01. The summed E-state index contributed by atoms with van der Waals surface area (Å²) in [7, 11) is -3.66. The monoisotopic (exact) mass is 383 g/mol. The predicted octanol–water partition coefficient (Wildman–Crippen LogP) is 1.13. The van der Waals surface area contributed by atoms with Gasteiger partial charge in [0.1, 0.15) is 0 Å². The molecule has 1 heterocycles. The summed E-state index contributed by atoms with van der Waals surface area (Å²) in [6, 6.07) is 5.28. The van der Waals surface area contributed by atoms with Crippen LogP contribution in [0.2, 0.25) is 0 Å². The highest BCUT2D eigenvalue weighted by Gasteiger charge is 2.19. The number of carbonyl (C=O) groups excluding carboxylic acids is 1. The van der Waals surface area contributed by atoms with E-state index >= 15 is 0 Å². The molecule has 0 aliphatic carbocycles. The molecule has 0 bridgehead atoms. The second-order valence-electron chi connectivity index (χ2n) is 5.27. The second-order valence-corrected chi connectivity index (χ2v) is 7.04. The Morgan fingerprint density at radius 2 is 1.96 bits per heavy atom. The van der Waals surface area contributed by atoms with E-state index in [1.165, 1.54) is 24.3 Å². The molecule has 136 valence electrons. The first-order valence-corrected chi connectivity index (χ1v) is 8.76. The first kappa shape index (κ1) is 20.8. The molecule has 0 saturated carbocycles. The average molecular weight is 384 g/mol. The maximum absolute atomic E-state index is 12.1. The molecule has 1 aromatic carbocycles. The van der Waals surface area contributed by atoms with Crippen molar-refractivity contribution < 1.29 is 22.0 Å². The zero-order valence-corrected chi connectivity index (χ0v) is 14.4. The Hall–Kier alpha value is -1.29. The van der Waals surface area contributed by atoms with Crippen molar-refractivity contribution >= 4 is 28.3 Å². The Labute approximate surface area is 145 Å². The lowest BCUT2D eigenvalue weighted by atomic mass is 10.2. The highest BCUT2D eigenvalue weighted by Crippen LogP contribution is 2.12. The SMILES string of the molecule is Cl.O=C(NCC(F)F)c1ccc(S(=O)(=O)NC[C@@H]2CCCN2)cc1. The van der Waals surface area contributed by atoms with Gasteiger partial charge in [-0.25, -0.2) is 21.9 Å². The largest absolute Gasteiger partial charge is 0.346 e. The first-order chi connectivity index (χ1) is 10.9. The van der Waals surface area contributed by atoms with Crippen LogP contribution >= 0.6 is 12.4 Å². The quantitative estimate of drug-likeness (QED) is 0.658. The number of rotatable bonds is 7. The molecule has 6 nitrogen and oxygen atoms in total. The third-order valence-corrected chi connectivity index (χ3v) is 4.97. The van der Waals surface area contributed by atoms with Crippen molar-refractivity contribution in [1.82, 2.24) is 15.4 Å². The minimum absolute atomic E-state index is 0. The Bertz CT molecular complexity index is 635. The third-order valence-electron chi connectivity index (χ3n) is 3.53. The summed E-state index contributed by atoms with van der Waals surface area (Å²) >= 11 is 0. The van der Waals surface area contributed by atoms with Crippen molar-refractivity contribution in [3.63, 3.8) is 0 Å². The van der Waals surface area contributed by atoms with E-state index in [1.807, 2.05) is 0 Å². The summed E-state index contributed by atoms with van der Waals surface area (Å²) in [5.74, 6) is -0.669. The van der Waals surface area contributed by atoms with Crippen LogP contribution in [0.15, 0.2) is 29.2 Å². The number of halogens is 3. The van der Waals surface area contributed by atoms with Crippen molar-refractivity contribution in [3.8, 4) is 0 Å². The maximum Gasteiger partial charge on any atom is 0.255 e. The molecule has 1 aliphatic heterocycles. The summed E-state index contributed by atoms with van der Waals surface area (Å²) in [5, 5.41) is 5.24. The zero-order chi connectivity index (χ0) is 16.9. The van der Waals surface area contributed by atoms with E-state index < -0.39 is 28.9 Å². The Morgan fingerprint density at radius 1 is 1.29 bits per heavy atom. The maximum atomic E-state index is 12.1. The van der Waals surface area contributed by atoms with Gasteiger partial charge in [0.05, 0.1) is 11.4 Å². The predicted molar refractivity (Wildman–Crippen MR) is 88.2 cm³/mol. The normalized spacial score (nSPS) is 17.5. The van der Waals surface area contributed by atoms with Gasteiger partial charge in [-0.15, -0.1) is 12.4 Å². The van der Waals surface area contributed by atoms with Crippen LogP contribution in [-0.2, 0) is 10.0 Å². The van der Waals surface area contributed by atoms with Crippen molar-refractivity contribution in [2.45, 2.75) is 30.2 Å². The van der Waals surface area contributed by atoms with E-state index in [-0.39, 0.29) is 28.9 Å². The lowest BCUT2D eigenvalue weighted by molar-refractivity contribution is 0.0891. The van der Waals surface area contributed by atoms with Gasteiger partial charge in [0.15, 0.2) is 0 Å². The molecule has 0 unspecified atom stereocenters. The van der Waals surface area contributed by atoms with E-state index in [4.69, 9.17) is 0 Å². The molecule has 0 spiro atoms. The van der Waals surface area contributed by atoms with Crippen molar-refractivity contribution in [3.05, 3.63) is 29.8 Å². The summed E-state index contributed by atoms with van der Waals surface area (Å²) in [4.78, 5) is 11.6. The number of hydrogen-bond acceptors (Lipinski definition) is 4. The molecule has 1 saturated heterocycles. The molecule has 3 N–H and O–H groups in total. The fourth-order valence-corrected chi connectivity index (χ4v) is 3.36. The van der Waals surface area contributed by atoms with Crippen LogP contribution in [0.3, 0.4) is 0 Å². The molecule has 2 rings (SSSR count). The van der Waals surface area contributed by atoms with Gasteiger partial charge < -0.3 is 10.6 Å². The van der Waals surface area contributed by atoms with Crippen LogP contribution in [0.5, 0.6) is 0 Å². The smallest absolute Gasteiger partial charge is 0.255 e. The minimum atomic E-state index is -3.66.